The predicted molar refractivity (Wildman–Crippen MR) is 101 cm³/mol. The number of aromatic nitrogens is 2. The monoisotopic (exact) mass is 423 g/mol. The Hall–Kier alpha value is -1.96. The molecule has 6 heteroatoms. The fourth-order valence-electron chi connectivity index (χ4n) is 2.23. The number of benzene rings is 1. The Bertz CT molecular complexity index is 802. The van der Waals surface area contributed by atoms with E-state index in [4.69, 9.17) is 0 Å². The van der Waals surface area contributed by atoms with Crippen LogP contribution in [0.1, 0.15) is 42.5 Å². The van der Waals surface area contributed by atoms with Gasteiger partial charge in [-0.2, -0.15) is 0 Å². The highest BCUT2D eigenvalue weighted by atomic mass is 127. The Balaban J connectivity index is 2.67. The van der Waals surface area contributed by atoms with Gasteiger partial charge >= 0.3 is 0 Å². The summed E-state index contributed by atoms with van der Waals surface area (Å²) in [6.07, 6.45) is 2.44. The maximum Gasteiger partial charge on any atom is 0.233 e. The van der Waals surface area contributed by atoms with Crippen molar-refractivity contribution in [2.24, 2.45) is 4.99 Å². The molecule has 2 aromatic rings. The van der Waals surface area contributed by atoms with Gasteiger partial charge in [-0.05, 0) is 67.8 Å². The lowest BCUT2D eigenvalue weighted by Gasteiger charge is -2.08. The van der Waals surface area contributed by atoms with Crippen molar-refractivity contribution in [1.82, 2.24) is 9.55 Å². The van der Waals surface area contributed by atoms with Crippen molar-refractivity contribution in [2.45, 2.75) is 27.2 Å². The van der Waals surface area contributed by atoms with Crippen LogP contribution in [0.4, 0.5) is 5.95 Å². The number of imidazole rings is 1. The number of carbonyl (C=O) groups is 1. The molecule has 1 heterocycles. The molecule has 2 rings (SSSR count). The fraction of sp³-hybridized carbons (Fsp3) is 0.235. The second-order valence-corrected chi connectivity index (χ2v) is 6.45. The summed E-state index contributed by atoms with van der Waals surface area (Å²) < 4.78 is 2.31. The van der Waals surface area contributed by atoms with Crippen molar-refractivity contribution in [3.63, 3.8) is 0 Å². The number of phenols is 1. The highest BCUT2D eigenvalue weighted by molar-refractivity contribution is 14.1. The Morgan fingerprint density at radius 1 is 1.48 bits per heavy atom. The van der Waals surface area contributed by atoms with Gasteiger partial charge in [-0.25, -0.2) is 9.98 Å². The van der Waals surface area contributed by atoms with Gasteiger partial charge in [0.1, 0.15) is 11.4 Å². The van der Waals surface area contributed by atoms with E-state index in [0.29, 0.717) is 32.9 Å². The van der Waals surface area contributed by atoms with Gasteiger partial charge in [-0.3, -0.25) is 9.36 Å². The Kier molecular flexibility index (Phi) is 5.35. The predicted octanol–water partition coefficient (Wildman–Crippen LogP) is 4.20. The first-order chi connectivity index (χ1) is 10.9. The molecule has 0 bridgehead atoms. The number of allylic oxidation sites excluding steroid dienone is 1. The maximum atomic E-state index is 13.0. The third-order valence-electron chi connectivity index (χ3n) is 3.25. The molecule has 0 radical (unpaired) electrons. The normalized spacial score (nSPS) is 10.4. The minimum atomic E-state index is -0.153. The number of nitrogens with zero attached hydrogens (tertiary/aromatic N) is 3. The molecule has 0 saturated carbocycles. The molecule has 0 atom stereocenters. The van der Waals surface area contributed by atoms with E-state index in [1.807, 2.05) is 49.6 Å². The number of phenolic OH excluding ortho intramolecular Hbond substituents is 1. The summed E-state index contributed by atoms with van der Waals surface area (Å²) in [5.74, 6) is 0.406. The van der Waals surface area contributed by atoms with Crippen molar-refractivity contribution in [1.29, 1.82) is 0 Å². The number of aliphatic imine (C=N–C) groups is 1. The smallest absolute Gasteiger partial charge is 0.233 e. The average Bonchev–Trinajstić information content (AvgIpc) is 2.86. The Labute approximate surface area is 148 Å². The zero-order valence-electron chi connectivity index (χ0n) is 13.3. The molecule has 0 aliphatic carbocycles. The third-order valence-corrected chi connectivity index (χ3v) is 4.12. The highest BCUT2D eigenvalue weighted by Crippen LogP contribution is 2.26. The van der Waals surface area contributed by atoms with E-state index in [1.54, 1.807) is 16.7 Å². The summed E-state index contributed by atoms with van der Waals surface area (Å²) in [7, 11) is 0. The number of halogens is 1. The van der Waals surface area contributed by atoms with Crippen LogP contribution in [0, 0.1) is 3.57 Å². The second-order valence-electron chi connectivity index (χ2n) is 5.29. The van der Waals surface area contributed by atoms with E-state index in [1.165, 1.54) is 6.07 Å². The molecule has 1 aromatic carbocycles. The maximum absolute atomic E-state index is 13.0. The SMILES string of the molecule is C=Nc1nc(CC)c(C(=O)c2ccc(O)c(I)c2)n1C=C(C)C. The molecule has 0 aliphatic heterocycles. The number of hydrogen-bond donors (Lipinski definition) is 1. The summed E-state index contributed by atoms with van der Waals surface area (Å²) in [6, 6.07) is 4.80. The van der Waals surface area contributed by atoms with E-state index < -0.39 is 0 Å². The lowest BCUT2D eigenvalue weighted by Crippen LogP contribution is -2.10. The fourth-order valence-corrected chi connectivity index (χ4v) is 2.75. The molecule has 120 valence electrons. The highest BCUT2D eigenvalue weighted by Gasteiger charge is 2.22. The van der Waals surface area contributed by atoms with Crippen molar-refractivity contribution in [3.05, 3.63) is 44.3 Å². The number of rotatable bonds is 5. The molecule has 1 N–H and O–H groups in total. The number of hydrogen-bond acceptors (Lipinski definition) is 4. The minimum absolute atomic E-state index is 0.153. The zero-order chi connectivity index (χ0) is 17.1. The standard InChI is InChI=1S/C17H18IN3O2/c1-5-13-15(21(9-10(2)3)17(19-4)20-13)16(23)11-6-7-14(22)12(18)8-11/h6-9,22H,4-5H2,1-3H3. The van der Waals surface area contributed by atoms with Gasteiger partial charge in [-0.1, -0.05) is 12.5 Å². The van der Waals surface area contributed by atoms with Gasteiger partial charge in [0.2, 0.25) is 11.7 Å². The van der Waals surface area contributed by atoms with Crippen LogP contribution in [0.2, 0.25) is 0 Å². The molecular formula is C17H18IN3O2. The molecule has 5 nitrogen and oxygen atoms in total. The Morgan fingerprint density at radius 3 is 2.70 bits per heavy atom. The minimum Gasteiger partial charge on any atom is -0.507 e. The molecule has 0 amide bonds. The van der Waals surface area contributed by atoms with Crippen LogP contribution in [-0.2, 0) is 6.42 Å². The van der Waals surface area contributed by atoms with Crippen molar-refractivity contribution >= 4 is 47.2 Å². The van der Waals surface area contributed by atoms with E-state index in [0.717, 1.165) is 5.57 Å². The number of aromatic hydroxyl groups is 1. The molecule has 0 unspecified atom stereocenters. The molecule has 0 spiro atoms. The molecule has 1 aromatic heterocycles. The number of aryl methyl sites for hydroxylation is 1. The average molecular weight is 423 g/mol. The van der Waals surface area contributed by atoms with Gasteiger partial charge in [0, 0.05) is 11.8 Å². The van der Waals surface area contributed by atoms with Gasteiger partial charge in [0.25, 0.3) is 0 Å². The first-order valence-electron chi connectivity index (χ1n) is 7.15. The summed E-state index contributed by atoms with van der Waals surface area (Å²) in [4.78, 5) is 21.3. The Morgan fingerprint density at radius 2 is 2.17 bits per heavy atom. The number of carbonyl (C=O) groups excluding carboxylic acids is 1. The van der Waals surface area contributed by atoms with Gasteiger partial charge < -0.3 is 5.11 Å². The number of ketones is 1. The van der Waals surface area contributed by atoms with Crippen molar-refractivity contribution < 1.29 is 9.90 Å². The van der Waals surface area contributed by atoms with Crippen LogP contribution >= 0.6 is 22.6 Å². The zero-order valence-corrected chi connectivity index (χ0v) is 15.5. The summed E-state index contributed by atoms with van der Waals surface area (Å²) in [6.45, 7) is 9.36. The van der Waals surface area contributed by atoms with E-state index in [-0.39, 0.29) is 11.5 Å². The van der Waals surface area contributed by atoms with Crippen LogP contribution in [-0.4, -0.2) is 27.2 Å². The summed E-state index contributed by atoms with van der Waals surface area (Å²) in [5, 5.41) is 9.64. The second kappa shape index (κ2) is 7.08. The molecule has 0 aliphatic rings. The van der Waals surface area contributed by atoms with Crippen LogP contribution in [0.25, 0.3) is 6.20 Å². The summed E-state index contributed by atoms with van der Waals surface area (Å²) in [5.41, 5.74) is 2.68. The quantitative estimate of drug-likeness (QED) is 0.445. The molecular weight excluding hydrogens is 405 g/mol. The van der Waals surface area contributed by atoms with Crippen LogP contribution in [0.3, 0.4) is 0 Å². The van der Waals surface area contributed by atoms with E-state index in [2.05, 4.69) is 16.7 Å². The lowest BCUT2D eigenvalue weighted by molar-refractivity contribution is 0.103. The largest absolute Gasteiger partial charge is 0.507 e. The topological polar surface area (TPSA) is 67.5 Å². The van der Waals surface area contributed by atoms with E-state index >= 15 is 0 Å². The van der Waals surface area contributed by atoms with Crippen LogP contribution in [0.5, 0.6) is 5.75 Å². The van der Waals surface area contributed by atoms with Gasteiger partial charge in [0.15, 0.2) is 0 Å². The molecule has 0 fully saturated rings. The van der Waals surface area contributed by atoms with Gasteiger partial charge in [-0.15, -0.1) is 0 Å². The van der Waals surface area contributed by atoms with Gasteiger partial charge in [0.05, 0.1) is 9.26 Å². The van der Waals surface area contributed by atoms with Crippen LogP contribution < -0.4 is 0 Å². The lowest BCUT2D eigenvalue weighted by atomic mass is 10.1. The molecule has 0 saturated heterocycles. The first-order valence-corrected chi connectivity index (χ1v) is 8.23. The third kappa shape index (κ3) is 3.52. The van der Waals surface area contributed by atoms with Crippen molar-refractivity contribution in [2.75, 3.05) is 0 Å². The van der Waals surface area contributed by atoms with Crippen molar-refractivity contribution in [3.8, 4) is 5.75 Å². The first kappa shape index (κ1) is 17.4. The van der Waals surface area contributed by atoms with E-state index in [9.17, 15) is 9.90 Å². The van der Waals surface area contributed by atoms with Crippen LogP contribution in [0.15, 0.2) is 28.8 Å². The molecule has 23 heavy (non-hydrogen) atoms. The summed E-state index contributed by atoms with van der Waals surface area (Å²) >= 11 is 2.00.